The van der Waals surface area contributed by atoms with Crippen LogP contribution in [-0.2, 0) is 0 Å². The Bertz CT molecular complexity index is 758. The first-order valence-corrected chi connectivity index (χ1v) is 8.56. The third-order valence-corrected chi connectivity index (χ3v) is 4.15. The molecule has 132 valence electrons. The lowest BCUT2D eigenvalue weighted by Gasteiger charge is -2.25. The second-order valence-electron chi connectivity index (χ2n) is 6.59. The highest BCUT2D eigenvalue weighted by Gasteiger charge is 2.21. The summed E-state index contributed by atoms with van der Waals surface area (Å²) in [6, 6.07) is 13.2. The molecule has 2 amide bonds. The summed E-state index contributed by atoms with van der Waals surface area (Å²) in [5.41, 5.74) is 2.88. The molecule has 2 aromatic rings. The lowest BCUT2D eigenvalue weighted by Crippen LogP contribution is -2.35. The first-order valence-electron chi connectivity index (χ1n) is 8.56. The normalized spacial score (nSPS) is 14.1. The molecule has 1 heterocycles. The third-order valence-electron chi connectivity index (χ3n) is 4.15. The molecule has 1 unspecified atom stereocenters. The number of fused-ring (bicyclic) bond motifs is 1. The van der Waals surface area contributed by atoms with Crippen molar-refractivity contribution in [1.82, 2.24) is 5.32 Å². The Morgan fingerprint density at radius 1 is 1.04 bits per heavy atom. The van der Waals surface area contributed by atoms with Crippen LogP contribution in [0.5, 0.6) is 11.5 Å². The summed E-state index contributed by atoms with van der Waals surface area (Å²) < 4.78 is 11.2. The first-order chi connectivity index (χ1) is 12.0. The van der Waals surface area contributed by atoms with Gasteiger partial charge in [-0.3, -0.25) is 0 Å². The molecule has 25 heavy (non-hydrogen) atoms. The molecule has 0 saturated carbocycles. The number of carbonyl (C=O) groups is 1. The minimum atomic E-state index is -0.223. The summed E-state index contributed by atoms with van der Waals surface area (Å²) in [6.07, 6.45) is 0. The van der Waals surface area contributed by atoms with Gasteiger partial charge in [0.05, 0.1) is 6.04 Å². The monoisotopic (exact) mass is 340 g/mol. The molecule has 0 fully saturated rings. The first kappa shape index (κ1) is 17.1. The molecule has 0 aliphatic carbocycles. The summed E-state index contributed by atoms with van der Waals surface area (Å²) in [5, 5.41) is 5.96. The van der Waals surface area contributed by atoms with Gasteiger partial charge < -0.3 is 20.1 Å². The molecule has 1 aliphatic heterocycles. The van der Waals surface area contributed by atoms with Crippen LogP contribution in [0.2, 0.25) is 0 Å². The van der Waals surface area contributed by atoms with Crippen molar-refractivity contribution < 1.29 is 14.3 Å². The fourth-order valence-corrected chi connectivity index (χ4v) is 2.92. The van der Waals surface area contributed by atoms with Crippen molar-refractivity contribution in [2.24, 2.45) is 5.92 Å². The van der Waals surface area contributed by atoms with Crippen LogP contribution in [0.4, 0.5) is 10.5 Å². The molecule has 0 bridgehead atoms. The van der Waals surface area contributed by atoms with Crippen molar-refractivity contribution in [3.63, 3.8) is 0 Å². The van der Waals surface area contributed by atoms with Gasteiger partial charge in [-0.15, -0.1) is 0 Å². The van der Waals surface area contributed by atoms with Crippen molar-refractivity contribution in [3.8, 4) is 11.5 Å². The fourth-order valence-electron chi connectivity index (χ4n) is 2.92. The number of nitrogens with one attached hydrogen (secondary N) is 2. The maximum Gasteiger partial charge on any atom is 0.319 e. The van der Waals surface area contributed by atoms with Gasteiger partial charge in [-0.2, -0.15) is 0 Å². The van der Waals surface area contributed by atoms with Gasteiger partial charge in [0.1, 0.15) is 13.2 Å². The number of anilines is 1. The number of rotatable bonds is 4. The standard InChI is InChI=1S/C20H24N2O3/c1-13(2)19(15-7-8-17-18(12-15)25-10-9-24-17)22-20(23)21-16-6-4-5-14(3)11-16/h4-8,11-13,19H,9-10H2,1-3H3,(H2,21,22,23). The van der Waals surface area contributed by atoms with E-state index in [9.17, 15) is 4.79 Å². The molecule has 0 spiro atoms. The molecule has 1 atom stereocenters. The maximum absolute atomic E-state index is 12.4. The van der Waals surface area contributed by atoms with Crippen molar-refractivity contribution in [2.45, 2.75) is 26.8 Å². The van der Waals surface area contributed by atoms with Gasteiger partial charge in [-0.25, -0.2) is 4.79 Å². The van der Waals surface area contributed by atoms with Gasteiger partial charge in [0, 0.05) is 5.69 Å². The van der Waals surface area contributed by atoms with E-state index < -0.39 is 0 Å². The summed E-state index contributed by atoms with van der Waals surface area (Å²) >= 11 is 0. The molecule has 5 nitrogen and oxygen atoms in total. The van der Waals surface area contributed by atoms with Crippen LogP contribution in [-0.4, -0.2) is 19.2 Å². The molecule has 3 rings (SSSR count). The molecule has 5 heteroatoms. The van der Waals surface area contributed by atoms with Crippen molar-refractivity contribution in [1.29, 1.82) is 0 Å². The smallest absolute Gasteiger partial charge is 0.319 e. The van der Waals surface area contributed by atoms with Crippen LogP contribution in [0.15, 0.2) is 42.5 Å². The average Bonchev–Trinajstić information content (AvgIpc) is 2.59. The summed E-state index contributed by atoms with van der Waals surface area (Å²) in [7, 11) is 0. The van der Waals surface area contributed by atoms with E-state index in [4.69, 9.17) is 9.47 Å². The second kappa shape index (κ2) is 7.47. The van der Waals surface area contributed by atoms with E-state index in [0.717, 1.165) is 28.3 Å². The van der Waals surface area contributed by atoms with Crippen LogP contribution < -0.4 is 20.1 Å². The van der Waals surface area contributed by atoms with Crippen LogP contribution in [0, 0.1) is 12.8 Å². The Hall–Kier alpha value is -2.69. The Labute approximate surface area is 148 Å². The average molecular weight is 340 g/mol. The van der Waals surface area contributed by atoms with Crippen molar-refractivity contribution >= 4 is 11.7 Å². The van der Waals surface area contributed by atoms with Gasteiger partial charge in [0.25, 0.3) is 0 Å². The summed E-state index contributed by atoms with van der Waals surface area (Å²) in [4.78, 5) is 12.4. The number of hydrogen-bond donors (Lipinski definition) is 2. The Morgan fingerprint density at radius 3 is 2.52 bits per heavy atom. The lowest BCUT2D eigenvalue weighted by atomic mass is 9.95. The number of ether oxygens (including phenoxy) is 2. The second-order valence-corrected chi connectivity index (χ2v) is 6.59. The lowest BCUT2D eigenvalue weighted by molar-refractivity contribution is 0.171. The van der Waals surface area contributed by atoms with Gasteiger partial charge in [-0.05, 0) is 48.2 Å². The summed E-state index contributed by atoms with van der Waals surface area (Å²) in [5.74, 6) is 1.71. The topological polar surface area (TPSA) is 59.6 Å². The highest BCUT2D eigenvalue weighted by molar-refractivity contribution is 5.89. The molecular formula is C20H24N2O3. The minimum absolute atomic E-state index is 0.124. The summed E-state index contributed by atoms with van der Waals surface area (Å²) in [6.45, 7) is 7.26. The number of aryl methyl sites for hydroxylation is 1. The van der Waals surface area contributed by atoms with E-state index in [1.54, 1.807) is 0 Å². The van der Waals surface area contributed by atoms with E-state index in [-0.39, 0.29) is 18.0 Å². The zero-order valence-corrected chi connectivity index (χ0v) is 14.8. The molecular weight excluding hydrogens is 316 g/mol. The van der Waals surface area contributed by atoms with Crippen LogP contribution in [0.3, 0.4) is 0 Å². The fraction of sp³-hybridized carbons (Fsp3) is 0.350. The number of carbonyl (C=O) groups excluding carboxylic acids is 1. The number of hydrogen-bond acceptors (Lipinski definition) is 3. The van der Waals surface area contributed by atoms with Crippen LogP contribution in [0.1, 0.15) is 31.0 Å². The van der Waals surface area contributed by atoms with Gasteiger partial charge in [0.15, 0.2) is 11.5 Å². The predicted octanol–water partition coefficient (Wildman–Crippen LogP) is 4.29. The Morgan fingerprint density at radius 2 is 1.80 bits per heavy atom. The quantitative estimate of drug-likeness (QED) is 0.873. The third kappa shape index (κ3) is 4.24. The van der Waals surface area contributed by atoms with E-state index in [1.807, 2.05) is 49.4 Å². The molecule has 0 radical (unpaired) electrons. The van der Waals surface area contributed by atoms with Gasteiger partial charge in [0.2, 0.25) is 0 Å². The van der Waals surface area contributed by atoms with E-state index in [2.05, 4.69) is 24.5 Å². The van der Waals surface area contributed by atoms with Crippen LogP contribution in [0.25, 0.3) is 0 Å². The largest absolute Gasteiger partial charge is 0.486 e. The van der Waals surface area contributed by atoms with E-state index in [1.165, 1.54) is 0 Å². The molecule has 2 aromatic carbocycles. The highest BCUT2D eigenvalue weighted by Crippen LogP contribution is 2.34. The highest BCUT2D eigenvalue weighted by atomic mass is 16.6. The SMILES string of the molecule is Cc1cccc(NC(=O)NC(c2ccc3c(c2)OCCO3)C(C)C)c1. The minimum Gasteiger partial charge on any atom is -0.486 e. The van der Waals surface area contributed by atoms with Crippen LogP contribution >= 0.6 is 0 Å². The zero-order chi connectivity index (χ0) is 17.8. The molecule has 1 aliphatic rings. The Balaban J connectivity index is 1.74. The predicted molar refractivity (Wildman–Crippen MR) is 98.3 cm³/mol. The molecule has 0 saturated heterocycles. The van der Waals surface area contributed by atoms with Gasteiger partial charge >= 0.3 is 6.03 Å². The number of urea groups is 1. The Kier molecular flexibility index (Phi) is 5.12. The van der Waals surface area contributed by atoms with Crippen molar-refractivity contribution in [3.05, 3.63) is 53.6 Å². The number of benzene rings is 2. The maximum atomic E-state index is 12.4. The van der Waals surface area contributed by atoms with Crippen molar-refractivity contribution in [2.75, 3.05) is 18.5 Å². The van der Waals surface area contributed by atoms with E-state index in [0.29, 0.717) is 13.2 Å². The zero-order valence-electron chi connectivity index (χ0n) is 14.8. The molecule has 0 aromatic heterocycles. The number of amides is 2. The van der Waals surface area contributed by atoms with E-state index >= 15 is 0 Å². The van der Waals surface area contributed by atoms with Gasteiger partial charge in [-0.1, -0.05) is 32.0 Å². The molecule has 2 N–H and O–H groups in total.